The zero-order valence-electron chi connectivity index (χ0n) is 18.1. The van der Waals surface area contributed by atoms with E-state index in [4.69, 9.17) is 9.47 Å². The van der Waals surface area contributed by atoms with Gasteiger partial charge in [-0.05, 0) is 24.6 Å². The van der Waals surface area contributed by atoms with Crippen LogP contribution < -0.4 is 10.5 Å². The van der Waals surface area contributed by atoms with Crippen LogP contribution >= 0.6 is 11.3 Å². The Labute approximate surface area is 189 Å². The SMILES string of the molecule is COCCOC(=O)c1sc2nc(CN3CCN(c4ccccc4O)CC3)[nH]c(=O)c2c1C. The topological polar surface area (TPSA) is 108 Å². The van der Waals surface area contributed by atoms with Gasteiger partial charge in [-0.1, -0.05) is 12.1 Å². The number of hydrogen-bond donors (Lipinski definition) is 2. The molecule has 1 fully saturated rings. The summed E-state index contributed by atoms with van der Waals surface area (Å²) < 4.78 is 10.1. The first kappa shape index (κ1) is 22.3. The van der Waals surface area contributed by atoms with Crippen LogP contribution in [0.15, 0.2) is 29.1 Å². The minimum Gasteiger partial charge on any atom is -0.506 e. The first-order chi connectivity index (χ1) is 15.5. The van der Waals surface area contributed by atoms with Crippen LogP contribution in [0.3, 0.4) is 0 Å². The van der Waals surface area contributed by atoms with E-state index in [0.29, 0.717) is 39.6 Å². The van der Waals surface area contributed by atoms with Gasteiger partial charge < -0.3 is 24.5 Å². The van der Waals surface area contributed by atoms with Crippen LogP contribution in [0.25, 0.3) is 10.2 Å². The second-order valence-electron chi connectivity index (χ2n) is 7.63. The molecule has 0 radical (unpaired) electrons. The number of nitrogens with one attached hydrogen (secondary N) is 1. The number of benzene rings is 1. The molecule has 0 aliphatic carbocycles. The number of aromatic amines is 1. The normalized spacial score (nSPS) is 14.8. The predicted molar refractivity (Wildman–Crippen MR) is 123 cm³/mol. The van der Waals surface area contributed by atoms with Gasteiger partial charge in [0.1, 0.15) is 27.9 Å². The molecule has 1 aliphatic rings. The van der Waals surface area contributed by atoms with Crippen molar-refractivity contribution in [2.75, 3.05) is 51.4 Å². The van der Waals surface area contributed by atoms with Crippen LogP contribution in [-0.4, -0.2) is 72.4 Å². The third-order valence-corrected chi connectivity index (χ3v) is 6.69. The molecule has 3 aromatic rings. The number of para-hydroxylation sites is 2. The number of piperazine rings is 1. The predicted octanol–water partition coefficient (Wildman–Crippen LogP) is 2.12. The fourth-order valence-corrected chi connectivity index (χ4v) is 4.93. The number of rotatable bonds is 7. The van der Waals surface area contributed by atoms with Crippen LogP contribution in [0.4, 0.5) is 5.69 Å². The summed E-state index contributed by atoms with van der Waals surface area (Å²) in [5, 5.41) is 10.5. The number of esters is 1. The lowest BCUT2D eigenvalue weighted by atomic mass is 10.2. The summed E-state index contributed by atoms with van der Waals surface area (Å²) in [6.07, 6.45) is 0. The molecule has 0 atom stereocenters. The minimum absolute atomic E-state index is 0.158. The Kier molecular flexibility index (Phi) is 6.73. The van der Waals surface area contributed by atoms with Gasteiger partial charge in [0.15, 0.2) is 0 Å². The summed E-state index contributed by atoms with van der Waals surface area (Å²) >= 11 is 1.18. The fourth-order valence-electron chi connectivity index (χ4n) is 3.83. The number of hydrogen-bond acceptors (Lipinski definition) is 9. The summed E-state index contributed by atoms with van der Waals surface area (Å²) in [6, 6.07) is 7.32. The Morgan fingerprint density at radius 3 is 2.69 bits per heavy atom. The smallest absolute Gasteiger partial charge is 0.348 e. The summed E-state index contributed by atoms with van der Waals surface area (Å²) in [5.74, 6) is 0.379. The molecule has 1 aromatic carbocycles. The molecule has 0 bridgehead atoms. The number of aromatic hydroxyl groups is 1. The average molecular weight is 459 g/mol. The van der Waals surface area contributed by atoms with Crippen LogP contribution in [0.1, 0.15) is 21.1 Å². The maximum atomic E-state index is 12.7. The second kappa shape index (κ2) is 9.68. The number of carbonyl (C=O) groups is 1. The molecule has 2 N–H and O–H groups in total. The molecule has 32 heavy (non-hydrogen) atoms. The van der Waals surface area contributed by atoms with Gasteiger partial charge in [-0.25, -0.2) is 9.78 Å². The van der Waals surface area contributed by atoms with Crippen molar-refractivity contribution in [1.29, 1.82) is 0 Å². The van der Waals surface area contributed by atoms with E-state index in [0.717, 1.165) is 31.9 Å². The van der Waals surface area contributed by atoms with Crippen molar-refractivity contribution in [3.63, 3.8) is 0 Å². The number of thiophene rings is 1. The molecular weight excluding hydrogens is 432 g/mol. The van der Waals surface area contributed by atoms with E-state index in [2.05, 4.69) is 19.8 Å². The molecule has 2 aromatic heterocycles. The molecule has 1 saturated heterocycles. The maximum absolute atomic E-state index is 12.7. The number of nitrogens with zero attached hydrogens (tertiary/aromatic N) is 3. The minimum atomic E-state index is -0.469. The maximum Gasteiger partial charge on any atom is 0.348 e. The summed E-state index contributed by atoms with van der Waals surface area (Å²) in [5.41, 5.74) is 1.17. The fraction of sp³-hybridized carbons (Fsp3) is 0.409. The Balaban J connectivity index is 1.46. The second-order valence-corrected chi connectivity index (χ2v) is 8.63. The molecule has 170 valence electrons. The number of methoxy groups -OCH3 is 1. The Hall–Kier alpha value is -2.95. The monoisotopic (exact) mass is 458 g/mol. The van der Waals surface area contributed by atoms with Crippen molar-refractivity contribution in [3.8, 4) is 5.75 Å². The number of aromatic nitrogens is 2. The Bertz CT molecular complexity index is 1170. The highest BCUT2D eigenvalue weighted by molar-refractivity contribution is 7.20. The quantitative estimate of drug-likeness (QED) is 0.410. The standard InChI is InChI=1S/C22H26N4O5S/c1-14-18-20(28)23-17(24-21(18)32-19(14)22(29)31-12-11-30-2)13-25-7-9-26(10-8-25)15-5-3-4-6-16(15)27/h3-6,27H,7-13H2,1-2H3,(H,23,24,28). The Morgan fingerprint density at radius 1 is 1.22 bits per heavy atom. The average Bonchev–Trinajstić information content (AvgIpc) is 3.12. The van der Waals surface area contributed by atoms with E-state index < -0.39 is 5.97 Å². The van der Waals surface area contributed by atoms with E-state index in [1.165, 1.54) is 18.4 Å². The zero-order chi connectivity index (χ0) is 22.7. The van der Waals surface area contributed by atoms with Crippen molar-refractivity contribution < 1.29 is 19.4 Å². The van der Waals surface area contributed by atoms with Crippen LogP contribution in [0.2, 0.25) is 0 Å². The van der Waals surface area contributed by atoms with Crippen molar-refractivity contribution in [3.05, 3.63) is 50.9 Å². The van der Waals surface area contributed by atoms with Crippen molar-refractivity contribution in [2.24, 2.45) is 0 Å². The van der Waals surface area contributed by atoms with Gasteiger partial charge in [0.2, 0.25) is 0 Å². The van der Waals surface area contributed by atoms with Gasteiger partial charge in [0.05, 0.1) is 24.2 Å². The van der Waals surface area contributed by atoms with Gasteiger partial charge in [-0.15, -0.1) is 11.3 Å². The highest BCUT2D eigenvalue weighted by Gasteiger charge is 2.23. The summed E-state index contributed by atoms with van der Waals surface area (Å²) in [7, 11) is 1.54. The highest BCUT2D eigenvalue weighted by Crippen LogP contribution is 2.29. The molecule has 9 nitrogen and oxygen atoms in total. The van der Waals surface area contributed by atoms with Crippen molar-refractivity contribution in [2.45, 2.75) is 13.5 Å². The number of aryl methyl sites for hydroxylation is 1. The van der Waals surface area contributed by atoms with Gasteiger partial charge in [0.25, 0.3) is 5.56 Å². The summed E-state index contributed by atoms with van der Waals surface area (Å²) in [6.45, 7) is 5.79. The third kappa shape index (κ3) is 4.62. The molecule has 4 rings (SSSR count). The number of phenols is 1. The van der Waals surface area contributed by atoms with E-state index in [1.807, 2.05) is 18.2 Å². The van der Waals surface area contributed by atoms with Gasteiger partial charge >= 0.3 is 5.97 Å². The molecule has 3 heterocycles. The Morgan fingerprint density at radius 2 is 1.97 bits per heavy atom. The lowest BCUT2D eigenvalue weighted by Crippen LogP contribution is -2.46. The van der Waals surface area contributed by atoms with Crippen molar-refractivity contribution >= 4 is 33.2 Å². The van der Waals surface area contributed by atoms with E-state index >= 15 is 0 Å². The van der Waals surface area contributed by atoms with Crippen LogP contribution in [-0.2, 0) is 16.0 Å². The molecular formula is C22H26N4O5S. The molecule has 0 saturated carbocycles. The number of anilines is 1. The van der Waals surface area contributed by atoms with Crippen LogP contribution in [0, 0.1) is 6.92 Å². The first-order valence-electron chi connectivity index (χ1n) is 10.4. The third-order valence-electron chi connectivity index (χ3n) is 5.52. The number of fused-ring (bicyclic) bond motifs is 1. The first-order valence-corrected chi connectivity index (χ1v) is 11.2. The number of ether oxygens (including phenoxy) is 2. The zero-order valence-corrected chi connectivity index (χ0v) is 18.9. The van der Waals surface area contributed by atoms with Gasteiger partial charge in [-0.2, -0.15) is 0 Å². The van der Waals surface area contributed by atoms with Gasteiger partial charge in [0, 0.05) is 33.3 Å². The largest absolute Gasteiger partial charge is 0.506 e. The molecule has 0 amide bonds. The van der Waals surface area contributed by atoms with Crippen molar-refractivity contribution in [1.82, 2.24) is 14.9 Å². The van der Waals surface area contributed by atoms with Gasteiger partial charge in [-0.3, -0.25) is 9.69 Å². The molecule has 0 unspecified atom stereocenters. The van der Waals surface area contributed by atoms with E-state index in [-0.39, 0.29) is 17.9 Å². The van der Waals surface area contributed by atoms with E-state index in [1.54, 1.807) is 13.0 Å². The number of carbonyl (C=O) groups excluding carboxylic acids is 1. The van der Waals surface area contributed by atoms with Crippen LogP contribution in [0.5, 0.6) is 5.75 Å². The lowest BCUT2D eigenvalue weighted by molar-refractivity contribution is 0.0393. The molecule has 1 aliphatic heterocycles. The number of H-pyrrole nitrogens is 1. The highest BCUT2D eigenvalue weighted by atomic mass is 32.1. The summed E-state index contributed by atoms with van der Waals surface area (Å²) in [4.78, 5) is 37.8. The molecule has 0 spiro atoms. The molecule has 10 heteroatoms. The lowest BCUT2D eigenvalue weighted by Gasteiger charge is -2.36. The van der Waals surface area contributed by atoms with E-state index in [9.17, 15) is 14.7 Å². The number of phenolic OH excluding ortho intramolecular Hbond substituents is 1.